The summed E-state index contributed by atoms with van der Waals surface area (Å²) in [6.45, 7) is 3.58. The Balaban J connectivity index is 1.69. The second kappa shape index (κ2) is 7.97. The van der Waals surface area contributed by atoms with Crippen LogP contribution in [0, 0.1) is 0 Å². The lowest BCUT2D eigenvalue weighted by Crippen LogP contribution is -1.98. The molecule has 0 atom stereocenters. The van der Waals surface area contributed by atoms with Crippen molar-refractivity contribution in [3.63, 3.8) is 0 Å². The van der Waals surface area contributed by atoms with E-state index in [1.54, 1.807) is 12.1 Å². The van der Waals surface area contributed by atoms with Gasteiger partial charge in [0.1, 0.15) is 11.5 Å². The molecule has 0 saturated carbocycles. The molecule has 0 unspecified atom stereocenters. The Bertz CT molecular complexity index is 821. The second-order valence-corrected chi connectivity index (χ2v) is 6.37. The van der Waals surface area contributed by atoms with Crippen LogP contribution < -0.4 is 4.74 Å². The fourth-order valence-corrected chi connectivity index (χ4v) is 2.95. The third-order valence-corrected chi connectivity index (χ3v) is 4.43. The number of phenolic OH excluding ortho intramolecular Hbond substituents is 1. The summed E-state index contributed by atoms with van der Waals surface area (Å²) in [5.41, 5.74) is 1.12. The molecule has 25 heavy (non-hydrogen) atoms. The van der Waals surface area contributed by atoms with Crippen LogP contribution in [0.2, 0.25) is 0 Å². The van der Waals surface area contributed by atoms with Crippen LogP contribution in [0.15, 0.2) is 48.7 Å². The van der Waals surface area contributed by atoms with Gasteiger partial charge in [0.2, 0.25) is 0 Å². The highest BCUT2D eigenvalue weighted by molar-refractivity contribution is 5.89. The van der Waals surface area contributed by atoms with Crippen LogP contribution in [-0.4, -0.2) is 21.4 Å². The first-order chi connectivity index (χ1) is 12.2. The van der Waals surface area contributed by atoms with Crippen LogP contribution in [0.1, 0.15) is 31.7 Å². The van der Waals surface area contributed by atoms with E-state index in [1.807, 2.05) is 41.1 Å². The average molecular weight is 339 g/mol. The Kier molecular flexibility index (Phi) is 5.49. The summed E-state index contributed by atoms with van der Waals surface area (Å²) in [6, 6.07) is 13.0. The first-order valence-electron chi connectivity index (χ1n) is 8.90. The van der Waals surface area contributed by atoms with Crippen LogP contribution in [0.5, 0.6) is 17.4 Å². The van der Waals surface area contributed by atoms with Crippen molar-refractivity contribution >= 4 is 10.8 Å². The highest BCUT2D eigenvalue weighted by Gasteiger charge is 2.09. The normalized spacial score (nSPS) is 11.1. The summed E-state index contributed by atoms with van der Waals surface area (Å²) in [6.07, 6.45) is 6.17. The zero-order valence-electron chi connectivity index (χ0n) is 14.6. The van der Waals surface area contributed by atoms with Gasteiger partial charge in [-0.05, 0) is 48.7 Å². The molecule has 4 heteroatoms. The number of benzene rings is 2. The van der Waals surface area contributed by atoms with E-state index in [-0.39, 0.29) is 11.6 Å². The van der Waals surface area contributed by atoms with E-state index in [4.69, 9.17) is 4.74 Å². The maximum Gasteiger partial charge on any atom is 0.199 e. The molecule has 3 aromatic rings. The van der Waals surface area contributed by atoms with E-state index in [9.17, 15) is 10.2 Å². The summed E-state index contributed by atoms with van der Waals surface area (Å²) >= 11 is 0. The van der Waals surface area contributed by atoms with Crippen molar-refractivity contribution in [1.29, 1.82) is 0 Å². The number of aromatic hydroxyl groups is 2. The number of unbranched alkanes of at least 4 members (excludes halogenated alkanes) is 2. The predicted octanol–water partition coefficient (Wildman–Crippen LogP) is 4.86. The SMILES string of the molecule is CCCCCOc1ccc2c(O)n(CCc3ccc(O)cc3)cc2c1. The quantitative estimate of drug-likeness (QED) is 0.576. The molecule has 0 amide bonds. The first kappa shape index (κ1) is 17.2. The highest BCUT2D eigenvalue weighted by atomic mass is 16.5. The van der Waals surface area contributed by atoms with Crippen molar-refractivity contribution < 1.29 is 14.9 Å². The van der Waals surface area contributed by atoms with E-state index in [1.165, 1.54) is 12.8 Å². The second-order valence-electron chi connectivity index (χ2n) is 6.37. The van der Waals surface area contributed by atoms with Gasteiger partial charge < -0.3 is 19.5 Å². The standard InChI is InChI=1S/C21H25NO3/c1-2-3-4-13-25-19-9-10-20-17(14-19)15-22(21(20)24)12-11-16-5-7-18(23)8-6-16/h5-10,14-15,23-24H,2-4,11-13H2,1H3. The third kappa shape index (κ3) is 4.27. The Morgan fingerprint density at radius 1 is 1.00 bits per heavy atom. The van der Waals surface area contributed by atoms with Gasteiger partial charge >= 0.3 is 0 Å². The molecule has 2 aromatic carbocycles. The van der Waals surface area contributed by atoms with Gasteiger partial charge in [-0.1, -0.05) is 31.9 Å². The number of nitrogens with zero attached hydrogens (tertiary/aromatic N) is 1. The van der Waals surface area contributed by atoms with E-state index >= 15 is 0 Å². The molecule has 0 spiro atoms. The summed E-state index contributed by atoms with van der Waals surface area (Å²) in [4.78, 5) is 0. The van der Waals surface area contributed by atoms with Crippen LogP contribution in [-0.2, 0) is 13.0 Å². The largest absolute Gasteiger partial charge is 0.508 e. The molecule has 0 saturated heterocycles. The van der Waals surface area contributed by atoms with E-state index in [2.05, 4.69) is 6.92 Å². The molecule has 1 aromatic heterocycles. The molecule has 0 fully saturated rings. The van der Waals surface area contributed by atoms with Crippen LogP contribution in [0.25, 0.3) is 10.8 Å². The molecular formula is C21H25NO3. The van der Waals surface area contributed by atoms with Crippen LogP contribution in [0.3, 0.4) is 0 Å². The van der Waals surface area contributed by atoms with Crippen molar-refractivity contribution in [3.05, 3.63) is 54.2 Å². The fourth-order valence-electron chi connectivity index (χ4n) is 2.95. The monoisotopic (exact) mass is 339 g/mol. The molecule has 2 N–H and O–H groups in total. The first-order valence-corrected chi connectivity index (χ1v) is 8.90. The minimum Gasteiger partial charge on any atom is -0.508 e. The van der Waals surface area contributed by atoms with Gasteiger partial charge in [-0.15, -0.1) is 0 Å². The average Bonchev–Trinajstić information content (AvgIpc) is 2.94. The zero-order chi connectivity index (χ0) is 17.6. The van der Waals surface area contributed by atoms with Gasteiger partial charge in [-0.2, -0.15) is 0 Å². The fraction of sp³-hybridized carbons (Fsp3) is 0.333. The molecule has 0 aliphatic carbocycles. The summed E-state index contributed by atoms with van der Waals surface area (Å²) in [7, 11) is 0. The molecule has 0 aliphatic rings. The molecule has 3 rings (SSSR count). The van der Waals surface area contributed by atoms with Crippen molar-refractivity contribution in [1.82, 2.24) is 4.57 Å². The Hall–Kier alpha value is -2.62. The lowest BCUT2D eigenvalue weighted by atomic mass is 10.1. The number of hydrogen-bond acceptors (Lipinski definition) is 3. The van der Waals surface area contributed by atoms with E-state index in [0.717, 1.165) is 41.5 Å². The molecule has 132 valence electrons. The van der Waals surface area contributed by atoms with Crippen LogP contribution in [0.4, 0.5) is 0 Å². The van der Waals surface area contributed by atoms with E-state index < -0.39 is 0 Å². The smallest absolute Gasteiger partial charge is 0.199 e. The number of fused-ring (bicyclic) bond motifs is 1. The minimum atomic E-state index is 0.268. The van der Waals surface area contributed by atoms with Crippen LogP contribution >= 0.6 is 0 Å². The van der Waals surface area contributed by atoms with Crippen molar-refractivity contribution in [2.45, 2.75) is 39.2 Å². The Labute approximate surface area is 148 Å². The number of phenols is 1. The lowest BCUT2D eigenvalue weighted by molar-refractivity contribution is 0.306. The molecular weight excluding hydrogens is 314 g/mol. The van der Waals surface area contributed by atoms with Crippen molar-refractivity contribution in [2.75, 3.05) is 6.61 Å². The number of ether oxygens (including phenoxy) is 1. The number of rotatable bonds is 8. The molecule has 0 radical (unpaired) electrons. The van der Waals surface area contributed by atoms with Gasteiger partial charge in [-0.25, -0.2) is 0 Å². The number of aromatic nitrogens is 1. The maximum atomic E-state index is 10.4. The van der Waals surface area contributed by atoms with Gasteiger partial charge in [0.15, 0.2) is 5.88 Å². The zero-order valence-corrected chi connectivity index (χ0v) is 14.6. The molecule has 1 heterocycles. The van der Waals surface area contributed by atoms with Gasteiger partial charge in [0.05, 0.1) is 6.61 Å². The topological polar surface area (TPSA) is 54.6 Å². The molecule has 4 nitrogen and oxygen atoms in total. The summed E-state index contributed by atoms with van der Waals surface area (Å²) in [5, 5.41) is 21.6. The summed E-state index contributed by atoms with van der Waals surface area (Å²) < 4.78 is 7.65. The van der Waals surface area contributed by atoms with Gasteiger partial charge in [-0.3, -0.25) is 0 Å². The summed E-state index contributed by atoms with van der Waals surface area (Å²) in [5.74, 6) is 1.40. The molecule has 0 aliphatic heterocycles. The minimum absolute atomic E-state index is 0.268. The van der Waals surface area contributed by atoms with Crippen molar-refractivity contribution in [2.24, 2.45) is 0 Å². The number of hydrogen-bond donors (Lipinski definition) is 2. The van der Waals surface area contributed by atoms with E-state index in [0.29, 0.717) is 6.54 Å². The Morgan fingerprint density at radius 3 is 2.56 bits per heavy atom. The molecule has 0 bridgehead atoms. The van der Waals surface area contributed by atoms with Gasteiger partial charge in [0.25, 0.3) is 0 Å². The number of aryl methyl sites for hydroxylation is 2. The highest BCUT2D eigenvalue weighted by Crippen LogP contribution is 2.30. The Morgan fingerprint density at radius 2 is 1.80 bits per heavy atom. The maximum absolute atomic E-state index is 10.4. The predicted molar refractivity (Wildman–Crippen MR) is 100 cm³/mol. The third-order valence-electron chi connectivity index (χ3n) is 4.43. The lowest BCUT2D eigenvalue weighted by Gasteiger charge is -2.05. The van der Waals surface area contributed by atoms with Gasteiger partial charge in [0, 0.05) is 23.5 Å². The van der Waals surface area contributed by atoms with Crippen molar-refractivity contribution in [3.8, 4) is 17.4 Å².